The van der Waals surface area contributed by atoms with Gasteiger partial charge in [-0.2, -0.15) is 0 Å². The summed E-state index contributed by atoms with van der Waals surface area (Å²) in [7, 11) is 1.47. The molecule has 1 aromatic heterocycles. The number of hydrogen-bond acceptors (Lipinski definition) is 3. The number of methoxy groups -OCH3 is 1. The van der Waals surface area contributed by atoms with E-state index >= 15 is 0 Å². The Labute approximate surface area is 145 Å². The lowest BCUT2D eigenvalue weighted by atomic mass is 10.1. The van der Waals surface area contributed by atoms with Crippen molar-refractivity contribution in [3.8, 4) is 0 Å². The summed E-state index contributed by atoms with van der Waals surface area (Å²) >= 11 is 0. The Balaban J connectivity index is 1.72. The molecule has 2 aromatic carbocycles. The van der Waals surface area contributed by atoms with Crippen molar-refractivity contribution >= 4 is 34.1 Å². The van der Waals surface area contributed by atoms with Gasteiger partial charge in [0.15, 0.2) is 0 Å². The van der Waals surface area contributed by atoms with Crippen LogP contribution in [0.1, 0.15) is 17.3 Å². The fourth-order valence-corrected chi connectivity index (χ4v) is 2.42. The standard InChI is InChI=1S/C19H19N3O3/c1-12(25-2)18(23)21-15-4-3-5-16(11-15)22-19(24)14-7-6-13-8-9-20-17(13)10-14/h3-12,20H,1-2H3,(H,21,23)(H,22,24). The van der Waals surface area contributed by atoms with E-state index in [0.29, 0.717) is 16.9 Å². The second-order valence-electron chi connectivity index (χ2n) is 5.68. The molecule has 0 radical (unpaired) electrons. The number of rotatable bonds is 5. The monoisotopic (exact) mass is 337 g/mol. The number of hydrogen-bond donors (Lipinski definition) is 3. The van der Waals surface area contributed by atoms with Crippen LogP contribution in [0.3, 0.4) is 0 Å². The van der Waals surface area contributed by atoms with Gasteiger partial charge in [-0.05, 0) is 48.7 Å². The molecule has 0 bridgehead atoms. The predicted molar refractivity (Wildman–Crippen MR) is 97.8 cm³/mol. The summed E-state index contributed by atoms with van der Waals surface area (Å²) in [6.45, 7) is 1.66. The van der Waals surface area contributed by atoms with Gasteiger partial charge in [0.05, 0.1) is 0 Å². The van der Waals surface area contributed by atoms with Gasteiger partial charge < -0.3 is 20.4 Å². The number of carbonyl (C=O) groups excluding carboxylic acids is 2. The van der Waals surface area contributed by atoms with Crippen molar-refractivity contribution in [3.05, 3.63) is 60.3 Å². The number of aromatic nitrogens is 1. The molecule has 25 heavy (non-hydrogen) atoms. The van der Waals surface area contributed by atoms with Crippen LogP contribution in [0.2, 0.25) is 0 Å². The third-order valence-corrected chi connectivity index (χ3v) is 3.93. The van der Waals surface area contributed by atoms with Gasteiger partial charge in [0.2, 0.25) is 0 Å². The molecule has 1 atom stereocenters. The second kappa shape index (κ2) is 7.19. The largest absolute Gasteiger partial charge is 0.372 e. The molecule has 6 nitrogen and oxygen atoms in total. The van der Waals surface area contributed by atoms with Gasteiger partial charge in [-0.3, -0.25) is 9.59 Å². The van der Waals surface area contributed by atoms with Crippen molar-refractivity contribution < 1.29 is 14.3 Å². The van der Waals surface area contributed by atoms with Gasteiger partial charge in [-0.25, -0.2) is 0 Å². The van der Waals surface area contributed by atoms with Gasteiger partial charge in [-0.1, -0.05) is 12.1 Å². The van der Waals surface area contributed by atoms with Gasteiger partial charge in [0, 0.05) is 35.8 Å². The Morgan fingerprint density at radius 1 is 1.04 bits per heavy atom. The fourth-order valence-electron chi connectivity index (χ4n) is 2.42. The number of amides is 2. The van der Waals surface area contributed by atoms with Crippen LogP contribution < -0.4 is 10.6 Å². The zero-order valence-electron chi connectivity index (χ0n) is 14.0. The van der Waals surface area contributed by atoms with Gasteiger partial charge >= 0.3 is 0 Å². The van der Waals surface area contributed by atoms with Gasteiger partial charge in [0.1, 0.15) is 6.10 Å². The van der Waals surface area contributed by atoms with E-state index in [-0.39, 0.29) is 11.8 Å². The van der Waals surface area contributed by atoms with Crippen LogP contribution in [-0.4, -0.2) is 30.0 Å². The van der Waals surface area contributed by atoms with E-state index in [4.69, 9.17) is 4.74 Å². The summed E-state index contributed by atoms with van der Waals surface area (Å²) in [5.41, 5.74) is 2.64. The minimum atomic E-state index is -0.550. The van der Waals surface area contributed by atoms with E-state index in [0.717, 1.165) is 10.9 Å². The normalized spacial score (nSPS) is 11.9. The average molecular weight is 337 g/mol. The number of fused-ring (bicyclic) bond motifs is 1. The molecule has 3 N–H and O–H groups in total. The first-order chi connectivity index (χ1) is 12.1. The van der Waals surface area contributed by atoms with Crippen molar-refractivity contribution in [2.75, 3.05) is 17.7 Å². The Bertz CT molecular complexity index is 917. The van der Waals surface area contributed by atoms with Crippen molar-refractivity contribution in [2.24, 2.45) is 0 Å². The molecule has 3 aromatic rings. The van der Waals surface area contributed by atoms with Crippen molar-refractivity contribution in [1.29, 1.82) is 0 Å². The first-order valence-electron chi connectivity index (χ1n) is 7.89. The number of aromatic amines is 1. The van der Waals surface area contributed by atoms with E-state index in [2.05, 4.69) is 15.6 Å². The second-order valence-corrected chi connectivity index (χ2v) is 5.68. The summed E-state index contributed by atoms with van der Waals surface area (Å²) in [5.74, 6) is -0.464. The van der Waals surface area contributed by atoms with Crippen molar-refractivity contribution in [3.63, 3.8) is 0 Å². The number of H-pyrrole nitrogens is 1. The van der Waals surface area contributed by atoms with Crippen LogP contribution in [0.4, 0.5) is 11.4 Å². The SMILES string of the molecule is COC(C)C(=O)Nc1cccc(NC(=O)c2ccc3cc[nH]c3c2)c1. The van der Waals surface area contributed by atoms with Crippen LogP contribution in [0, 0.1) is 0 Å². The number of anilines is 2. The number of nitrogens with one attached hydrogen (secondary N) is 3. The molecule has 0 aliphatic heterocycles. The van der Waals surface area contributed by atoms with E-state index in [1.165, 1.54) is 7.11 Å². The Hall–Kier alpha value is -3.12. The Morgan fingerprint density at radius 3 is 2.56 bits per heavy atom. The van der Waals surface area contributed by atoms with Crippen LogP contribution in [0.25, 0.3) is 10.9 Å². The maximum absolute atomic E-state index is 12.4. The molecule has 1 unspecified atom stereocenters. The van der Waals surface area contributed by atoms with Gasteiger partial charge in [0.25, 0.3) is 11.8 Å². The molecule has 2 amide bonds. The molecule has 0 saturated carbocycles. The maximum Gasteiger partial charge on any atom is 0.255 e. The number of ether oxygens (including phenoxy) is 1. The Morgan fingerprint density at radius 2 is 1.80 bits per heavy atom. The third kappa shape index (κ3) is 3.87. The minimum Gasteiger partial charge on any atom is -0.372 e. The minimum absolute atomic E-state index is 0.217. The highest BCUT2D eigenvalue weighted by Gasteiger charge is 2.12. The van der Waals surface area contributed by atoms with Crippen molar-refractivity contribution in [2.45, 2.75) is 13.0 Å². The number of benzene rings is 2. The number of carbonyl (C=O) groups is 2. The summed E-state index contributed by atoms with van der Waals surface area (Å²) in [6.07, 6.45) is 1.28. The molecule has 0 aliphatic rings. The zero-order valence-corrected chi connectivity index (χ0v) is 14.0. The van der Waals surface area contributed by atoms with Crippen LogP contribution in [0.5, 0.6) is 0 Å². The molecule has 0 saturated heterocycles. The molecule has 0 spiro atoms. The average Bonchev–Trinajstić information content (AvgIpc) is 3.08. The molecule has 1 heterocycles. The first kappa shape index (κ1) is 16.7. The lowest BCUT2D eigenvalue weighted by molar-refractivity contribution is -0.124. The highest BCUT2D eigenvalue weighted by molar-refractivity contribution is 6.06. The molecular weight excluding hydrogens is 318 g/mol. The topological polar surface area (TPSA) is 83.2 Å². The summed E-state index contributed by atoms with van der Waals surface area (Å²) in [5, 5.41) is 6.63. The van der Waals surface area contributed by atoms with E-state index in [1.807, 2.05) is 18.3 Å². The molecule has 0 aliphatic carbocycles. The smallest absolute Gasteiger partial charge is 0.255 e. The fraction of sp³-hybridized carbons (Fsp3) is 0.158. The van der Waals surface area contributed by atoms with Gasteiger partial charge in [-0.15, -0.1) is 0 Å². The maximum atomic E-state index is 12.4. The zero-order chi connectivity index (χ0) is 17.8. The molecule has 128 valence electrons. The van der Waals surface area contributed by atoms with Crippen LogP contribution >= 0.6 is 0 Å². The van der Waals surface area contributed by atoms with Crippen LogP contribution in [-0.2, 0) is 9.53 Å². The summed E-state index contributed by atoms with van der Waals surface area (Å²) in [4.78, 5) is 27.4. The quantitative estimate of drug-likeness (QED) is 0.667. The van der Waals surface area contributed by atoms with E-state index in [9.17, 15) is 9.59 Å². The summed E-state index contributed by atoms with van der Waals surface area (Å²) < 4.78 is 4.98. The third-order valence-electron chi connectivity index (χ3n) is 3.93. The predicted octanol–water partition coefficient (Wildman–Crippen LogP) is 3.39. The van der Waals surface area contributed by atoms with E-state index in [1.54, 1.807) is 43.3 Å². The highest BCUT2D eigenvalue weighted by Crippen LogP contribution is 2.18. The molecule has 0 fully saturated rings. The van der Waals surface area contributed by atoms with Crippen molar-refractivity contribution in [1.82, 2.24) is 4.98 Å². The Kier molecular flexibility index (Phi) is 4.81. The highest BCUT2D eigenvalue weighted by atomic mass is 16.5. The first-order valence-corrected chi connectivity index (χ1v) is 7.89. The lowest BCUT2D eigenvalue weighted by Gasteiger charge is -2.12. The summed E-state index contributed by atoms with van der Waals surface area (Å²) in [6, 6.07) is 14.4. The molecule has 6 heteroatoms. The van der Waals surface area contributed by atoms with E-state index < -0.39 is 6.10 Å². The molecule has 3 rings (SSSR count). The van der Waals surface area contributed by atoms with Crippen LogP contribution in [0.15, 0.2) is 54.7 Å². The molecular formula is C19H19N3O3. The lowest BCUT2D eigenvalue weighted by Crippen LogP contribution is -2.26.